The Morgan fingerprint density at radius 3 is 2.65 bits per heavy atom. The van der Waals surface area contributed by atoms with Crippen molar-refractivity contribution in [2.75, 3.05) is 6.54 Å². The van der Waals surface area contributed by atoms with Crippen LogP contribution in [0.2, 0.25) is 0 Å². The minimum atomic E-state index is -0.242. The quantitative estimate of drug-likeness (QED) is 0.856. The normalized spacial score (nSPS) is 17.7. The molecule has 23 heavy (non-hydrogen) atoms. The third-order valence-electron chi connectivity index (χ3n) is 4.14. The van der Waals surface area contributed by atoms with Gasteiger partial charge >= 0.3 is 6.03 Å². The van der Waals surface area contributed by atoms with Gasteiger partial charge in [-0.25, -0.2) is 4.79 Å². The summed E-state index contributed by atoms with van der Waals surface area (Å²) in [5.74, 6) is 0. The van der Waals surface area contributed by atoms with Gasteiger partial charge in [-0.1, -0.05) is 29.8 Å². The van der Waals surface area contributed by atoms with Crippen molar-refractivity contribution < 1.29 is 4.79 Å². The van der Waals surface area contributed by atoms with E-state index >= 15 is 0 Å². The maximum absolute atomic E-state index is 12.8. The standard InChI is InChI=1S/C19H25N3O/c1-14-7-5-8-15(13-14)17-16-9-6-10-21(16)11-12-22(17)18(23)20-19(2,3)4/h5-10,13,17H,11-12H2,1-4H3,(H,20,23). The highest BCUT2D eigenvalue weighted by Crippen LogP contribution is 2.33. The van der Waals surface area contributed by atoms with Crippen LogP contribution >= 0.6 is 0 Å². The van der Waals surface area contributed by atoms with Crippen LogP contribution in [-0.2, 0) is 6.54 Å². The lowest BCUT2D eigenvalue weighted by Gasteiger charge is -2.39. The smallest absolute Gasteiger partial charge is 0.318 e. The molecule has 1 aliphatic rings. The largest absolute Gasteiger partial charge is 0.348 e. The molecule has 0 radical (unpaired) electrons. The number of hydrogen-bond donors (Lipinski definition) is 1. The van der Waals surface area contributed by atoms with Crippen molar-refractivity contribution in [1.29, 1.82) is 0 Å². The molecule has 1 N–H and O–H groups in total. The molecule has 1 aliphatic heterocycles. The average Bonchev–Trinajstić information content (AvgIpc) is 2.92. The summed E-state index contributed by atoms with van der Waals surface area (Å²) in [6, 6.07) is 12.6. The molecule has 4 nitrogen and oxygen atoms in total. The van der Waals surface area contributed by atoms with E-state index in [1.54, 1.807) is 0 Å². The van der Waals surface area contributed by atoms with Gasteiger partial charge in [0.2, 0.25) is 0 Å². The minimum absolute atomic E-state index is 0.00328. The van der Waals surface area contributed by atoms with Crippen molar-refractivity contribution in [3.8, 4) is 0 Å². The first-order valence-corrected chi connectivity index (χ1v) is 8.15. The topological polar surface area (TPSA) is 37.3 Å². The van der Waals surface area contributed by atoms with Crippen LogP contribution in [0.5, 0.6) is 0 Å². The van der Waals surface area contributed by atoms with Crippen LogP contribution in [-0.4, -0.2) is 27.6 Å². The molecule has 1 unspecified atom stereocenters. The Morgan fingerprint density at radius 2 is 1.96 bits per heavy atom. The highest BCUT2D eigenvalue weighted by Gasteiger charge is 2.33. The summed E-state index contributed by atoms with van der Waals surface area (Å²) in [4.78, 5) is 14.8. The number of hydrogen-bond acceptors (Lipinski definition) is 1. The second-order valence-electron chi connectivity index (χ2n) is 7.32. The first kappa shape index (κ1) is 15.7. The lowest BCUT2D eigenvalue weighted by molar-refractivity contribution is 0.161. The third-order valence-corrected chi connectivity index (χ3v) is 4.14. The Morgan fingerprint density at radius 1 is 1.17 bits per heavy atom. The monoisotopic (exact) mass is 311 g/mol. The van der Waals surface area contributed by atoms with E-state index in [2.05, 4.69) is 59.4 Å². The van der Waals surface area contributed by atoms with Crippen LogP contribution in [0.25, 0.3) is 0 Å². The molecule has 1 aromatic heterocycles. The number of amides is 2. The summed E-state index contributed by atoms with van der Waals surface area (Å²) in [6.45, 7) is 9.67. The second kappa shape index (κ2) is 5.76. The maximum atomic E-state index is 12.8. The van der Waals surface area contributed by atoms with Crippen LogP contribution < -0.4 is 5.32 Å². The van der Waals surface area contributed by atoms with Crippen molar-refractivity contribution >= 4 is 6.03 Å². The fourth-order valence-corrected chi connectivity index (χ4v) is 3.19. The molecule has 0 aliphatic carbocycles. The minimum Gasteiger partial charge on any atom is -0.348 e. The Labute approximate surface area is 138 Å². The molecule has 122 valence electrons. The van der Waals surface area contributed by atoms with E-state index in [4.69, 9.17) is 0 Å². The van der Waals surface area contributed by atoms with E-state index in [-0.39, 0.29) is 17.6 Å². The Hall–Kier alpha value is -2.23. The maximum Gasteiger partial charge on any atom is 0.318 e. The van der Waals surface area contributed by atoms with Gasteiger partial charge in [-0.2, -0.15) is 0 Å². The Kier molecular flexibility index (Phi) is 3.92. The molecular weight excluding hydrogens is 286 g/mol. The molecule has 4 heteroatoms. The molecule has 0 fully saturated rings. The number of carbonyl (C=O) groups is 1. The Bertz CT molecular complexity index is 711. The van der Waals surface area contributed by atoms with Gasteiger partial charge in [0.1, 0.15) is 0 Å². The summed E-state index contributed by atoms with van der Waals surface area (Å²) >= 11 is 0. The van der Waals surface area contributed by atoms with Gasteiger partial charge in [0, 0.05) is 30.5 Å². The number of fused-ring (bicyclic) bond motifs is 1. The summed E-state index contributed by atoms with van der Waals surface area (Å²) in [5, 5.41) is 3.10. The number of benzene rings is 1. The highest BCUT2D eigenvalue weighted by atomic mass is 16.2. The molecule has 0 saturated heterocycles. The van der Waals surface area contributed by atoms with Crippen molar-refractivity contribution in [3.63, 3.8) is 0 Å². The predicted molar refractivity (Wildman–Crippen MR) is 92.4 cm³/mol. The number of aromatic nitrogens is 1. The Balaban J connectivity index is 2.00. The first-order valence-electron chi connectivity index (χ1n) is 8.15. The summed E-state index contributed by atoms with van der Waals surface area (Å²) in [7, 11) is 0. The van der Waals surface area contributed by atoms with Crippen LogP contribution in [0, 0.1) is 6.92 Å². The van der Waals surface area contributed by atoms with Gasteiger partial charge in [-0.3, -0.25) is 0 Å². The molecule has 2 amide bonds. The van der Waals surface area contributed by atoms with Gasteiger partial charge in [0.15, 0.2) is 0 Å². The molecule has 2 heterocycles. The van der Waals surface area contributed by atoms with Crippen LogP contribution in [0.1, 0.15) is 43.6 Å². The molecule has 1 aromatic carbocycles. The van der Waals surface area contributed by atoms with Crippen molar-refractivity contribution in [3.05, 3.63) is 59.4 Å². The van der Waals surface area contributed by atoms with Crippen LogP contribution in [0.15, 0.2) is 42.6 Å². The number of aryl methyl sites for hydroxylation is 1. The number of rotatable bonds is 1. The number of carbonyl (C=O) groups excluding carboxylic acids is 1. The van der Waals surface area contributed by atoms with Gasteiger partial charge < -0.3 is 14.8 Å². The van der Waals surface area contributed by atoms with Gasteiger partial charge in [-0.15, -0.1) is 0 Å². The molecule has 0 saturated carbocycles. The van der Waals surface area contributed by atoms with E-state index in [0.717, 1.165) is 12.1 Å². The zero-order valence-electron chi connectivity index (χ0n) is 14.3. The van der Waals surface area contributed by atoms with Crippen LogP contribution in [0.4, 0.5) is 4.79 Å². The van der Waals surface area contributed by atoms with E-state index in [1.165, 1.54) is 11.3 Å². The van der Waals surface area contributed by atoms with E-state index in [9.17, 15) is 4.79 Å². The van der Waals surface area contributed by atoms with E-state index < -0.39 is 0 Å². The van der Waals surface area contributed by atoms with Gasteiger partial charge in [-0.05, 0) is 45.4 Å². The fourth-order valence-electron chi connectivity index (χ4n) is 3.19. The lowest BCUT2D eigenvalue weighted by Crippen LogP contribution is -2.52. The summed E-state index contributed by atoms with van der Waals surface area (Å²) < 4.78 is 2.24. The van der Waals surface area contributed by atoms with Crippen molar-refractivity contribution in [1.82, 2.24) is 14.8 Å². The lowest BCUT2D eigenvalue weighted by atomic mass is 9.98. The molecule has 0 spiro atoms. The fraction of sp³-hybridized carbons (Fsp3) is 0.421. The van der Waals surface area contributed by atoms with Crippen LogP contribution in [0.3, 0.4) is 0 Å². The zero-order chi connectivity index (χ0) is 16.6. The summed E-state index contributed by atoms with van der Waals surface area (Å²) in [6.07, 6.45) is 2.09. The van der Waals surface area contributed by atoms with Crippen molar-refractivity contribution in [2.45, 2.75) is 45.8 Å². The molecular formula is C19H25N3O. The summed E-state index contributed by atoms with van der Waals surface area (Å²) in [5.41, 5.74) is 3.30. The highest BCUT2D eigenvalue weighted by molar-refractivity contribution is 5.76. The molecule has 1 atom stereocenters. The van der Waals surface area contributed by atoms with Gasteiger partial charge in [0.25, 0.3) is 0 Å². The predicted octanol–water partition coefficient (Wildman–Crippen LogP) is 3.71. The third kappa shape index (κ3) is 3.26. The number of nitrogens with zero attached hydrogens (tertiary/aromatic N) is 2. The van der Waals surface area contributed by atoms with Gasteiger partial charge in [0.05, 0.1) is 6.04 Å². The van der Waals surface area contributed by atoms with Crippen molar-refractivity contribution in [2.24, 2.45) is 0 Å². The first-order chi connectivity index (χ1) is 10.8. The number of nitrogens with one attached hydrogen (secondary N) is 1. The zero-order valence-corrected chi connectivity index (χ0v) is 14.3. The number of urea groups is 1. The van der Waals surface area contributed by atoms with E-state index in [0.29, 0.717) is 6.54 Å². The second-order valence-corrected chi connectivity index (χ2v) is 7.32. The molecule has 3 rings (SSSR count). The molecule has 0 bridgehead atoms. The molecule has 2 aromatic rings. The van der Waals surface area contributed by atoms with E-state index in [1.807, 2.05) is 25.7 Å². The SMILES string of the molecule is Cc1cccc(C2c3cccn3CCN2C(=O)NC(C)(C)C)c1. The average molecular weight is 311 g/mol.